The van der Waals surface area contributed by atoms with Crippen molar-refractivity contribution in [3.8, 4) is 0 Å². The highest BCUT2D eigenvalue weighted by atomic mass is 35.5. The lowest BCUT2D eigenvalue weighted by molar-refractivity contribution is -0.384. The predicted molar refractivity (Wildman–Crippen MR) is 86.9 cm³/mol. The van der Waals surface area contributed by atoms with Crippen LogP contribution in [0.4, 0.5) is 5.69 Å². The van der Waals surface area contributed by atoms with Crippen molar-refractivity contribution in [3.05, 3.63) is 75.8 Å². The number of benzene rings is 2. The smallest absolute Gasteiger partial charge is 0.269 e. The summed E-state index contributed by atoms with van der Waals surface area (Å²) in [5.41, 5.74) is 2.49. The second-order valence-electron chi connectivity index (χ2n) is 4.76. The van der Waals surface area contributed by atoms with Crippen LogP contribution in [0.3, 0.4) is 0 Å². The largest absolute Gasteiger partial charge is 0.310 e. The molecule has 0 radical (unpaired) electrons. The second kappa shape index (κ2) is 8.39. The number of non-ortho nitro benzene ring substituents is 1. The Balaban J connectivity index is 0.00000220. The van der Waals surface area contributed by atoms with Gasteiger partial charge >= 0.3 is 0 Å². The molecule has 2 aromatic carbocycles. The molecule has 0 fully saturated rings. The summed E-state index contributed by atoms with van der Waals surface area (Å²) >= 11 is 0. The Morgan fingerprint density at radius 1 is 1.10 bits per heavy atom. The standard InChI is InChI=1S/C16H18N2O2.ClH/c1-13(15-7-9-16(10-8-15)18(19)20)17-12-11-14-5-3-2-4-6-14;/h2-10,13,17H,11-12H2,1H3;1H. The van der Waals surface area contributed by atoms with Crippen LogP contribution in [0.15, 0.2) is 54.6 Å². The number of rotatable bonds is 6. The molecule has 21 heavy (non-hydrogen) atoms. The van der Waals surface area contributed by atoms with Crippen molar-refractivity contribution >= 4 is 18.1 Å². The van der Waals surface area contributed by atoms with Gasteiger partial charge in [-0.15, -0.1) is 12.4 Å². The Hall–Kier alpha value is -1.91. The fourth-order valence-corrected chi connectivity index (χ4v) is 2.08. The molecular weight excluding hydrogens is 288 g/mol. The van der Waals surface area contributed by atoms with Crippen LogP contribution in [-0.2, 0) is 6.42 Å². The van der Waals surface area contributed by atoms with Gasteiger partial charge in [0.2, 0.25) is 0 Å². The van der Waals surface area contributed by atoms with Crippen molar-refractivity contribution < 1.29 is 4.92 Å². The van der Waals surface area contributed by atoms with Gasteiger partial charge in [-0.2, -0.15) is 0 Å². The molecular formula is C16H19ClN2O2. The van der Waals surface area contributed by atoms with Gasteiger partial charge in [0.1, 0.15) is 0 Å². The molecule has 1 N–H and O–H groups in total. The Morgan fingerprint density at radius 2 is 1.71 bits per heavy atom. The van der Waals surface area contributed by atoms with E-state index in [1.807, 2.05) is 18.2 Å². The molecule has 0 saturated carbocycles. The molecule has 4 nitrogen and oxygen atoms in total. The van der Waals surface area contributed by atoms with E-state index in [1.54, 1.807) is 24.3 Å². The number of nitro benzene ring substituents is 1. The van der Waals surface area contributed by atoms with Gasteiger partial charge in [-0.25, -0.2) is 0 Å². The van der Waals surface area contributed by atoms with Gasteiger partial charge in [-0.3, -0.25) is 10.1 Å². The number of nitrogens with zero attached hydrogens (tertiary/aromatic N) is 1. The first-order valence-electron chi connectivity index (χ1n) is 6.68. The van der Waals surface area contributed by atoms with E-state index in [2.05, 4.69) is 24.4 Å². The lowest BCUT2D eigenvalue weighted by atomic mass is 10.1. The molecule has 0 amide bonds. The molecule has 0 aliphatic rings. The van der Waals surface area contributed by atoms with Crippen molar-refractivity contribution in [1.82, 2.24) is 5.32 Å². The lowest BCUT2D eigenvalue weighted by Crippen LogP contribution is -2.21. The zero-order chi connectivity index (χ0) is 14.4. The SMILES string of the molecule is CC(NCCc1ccccc1)c1ccc([N+](=O)[O-])cc1.Cl. The van der Waals surface area contributed by atoms with Crippen LogP contribution in [0.1, 0.15) is 24.1 Å². The van der Waals surface area contributed by atoms with Gasteiger partial charge in [-0.05, 0) is 31.0 Å². The van der Waals surface area contributed by atoms with Crippen molar-refractivity contribution in [2.45, 2.75) is 19.4 Å². The molecule has 2 aromatic rings. The van der Waals surface area contributed by atoms with Crippen LogP contribution in [0.5, 0.6) is 0 Å². The maximum atomic E-state index is 10.6. The Kier molecular flexibility index (Phi) is 6.85. The minimum Gasteiger partial charge on any atom is -0.310 e. The summed E-state index contributed by atoms with van der Waals surface area (Å²) in [6, 6.07) is 17.2. The third kappa shape index (κ3) is 5.17. The molecule has 112 valence electrons. The van der Waals surface area contributed by atoms with E-state index >= 15 is 0 Å². The molecule has 0 aromatic heterocycles. The van der Waals surface area contributed by atoms with Crippen LogP contribution in [0, 0.1) is 10.1 Å². The zero-order valence-corrected chi connectivity index (χ0v) is 12.7. The fourth-order valence-electron chi connectivity index (χ4n) is 2.08. The number of nitrogens with one attached hydrogen (secondary N) is 1. The van der Waals surface area contributed by atoms with E-state index < -0.39 is 0 Å². The molecule has 0 bridgehead atoms. The van der Waals surface area contributed by atoms with E-state index in [0.29, 0.717) is 0 Å². The third-order valence-electron chi connectivity index (χ3n) is 3.31. The normalized spacial score (nSPS) is 11.5. The summed E-state index contributed by atoms with van der Waals surface area (Å²) < 4.78 is 0. The van der Waals surface area contributed by atoms with Crippen LogP contribution in [0.2, 0.25) is 0 Å². The van der Waals surface area contributed by atoms with E-state index in [9.17, 15) is 10.1 Å². The first-order chi connectivity index (χ1) is 9.66. The first-order valence-corrected chi connectivity index (χ1v) is 6.68. The summed E-state index contributed by atoms with van der Waals surface area (Å²) in [5.74, 6) is 0. The van der Waals surface area contributed by atoms with Crippen LogP contribution in [-0.4, -0.2) is 11.5 Å². The van der Waals surface area contributed by atoms with Crippen molar-refractivity contribution in [2.24, 2.45) is 0 Å². The molecule has 0 spiro atoms. The summed E-state index contributed by atoms with van der Waals surface area (Å²) in [7, 11) is 0. The molecule has 0 aliphatic heterocycles. The second-order valence-corrected chi connectivity index (χ2v) is 4.76. The Bertz CT molecular complexity index is 558. The number of nitro groups is 1. The average Bonchev–Trinajstić information content (AvgIpc) is 2.48. The number of hydrogen-bond donors (Lipinski definition) is 1. The molecule has 2 rings (SSSR count). The average molecular weight is 307 g/mol. The molecule has 1 atom stereocenters. The monoisotopic (exact) mass is 306 g/mol. The summed E-state index contributed by atoms with van der Waals surface area (Å²) in [4.78, 5) is 10.2. The molecule has 0 heterocycles. The first kappa shape index (κ1) is 17.1. The zero-order valence-electron chi connectivity index (χ0n) is 11.9. The van der Waals surface area contributed by atoms with Crippen LogP contribution in [0.25, 0.3) is 0 Å². The maximum absolute atomic E-state index is 10.6. The van der Waals surface area contributed by atoms with Crippen LogP contribution >= 0.6 is 12.4 Å². The lowest BCUT2D eigenvalue weighted by Gasteiger charge is -2.14. The molecule has 0 saturated heterocycles. The van der Waals surface area contributed by atoms with Gasteiger partial charge in [0, 0.05) is 18.2 Å². The van der Waals surface area contributed by atoms with Crippen molar-refractivity contribution in [3.63, 3.8) is 0 Å². The van der Waals surface area contributed by atoms with Gasteiger partial charge < -0.3 is 5.32 Å². The van der Waals surface area contributed by atoms with Gasteiger partial charge in [0.15, 0.2) is 0 Å². The summed E-state index contributed by atoms with van der Waals surface area (Å²) in [6.45, 7) is 2.94. The highest BCUT2D eigenvalue weighted by Crippen LogP contribution is 2.17. The maximum Gasteiger partial charge on any atom is 0.269 e. The molecule has 0 aliphatic carbocycles. The summed E-state index contributed by atoms with van der Waals surface area (Å²) in [6.07, 6.45) is 0.970. The van der Waals surface area contributed by atoms with Gasteiger partial charge in [0.05, 0.1) is 4.92 Å². The minimum atomic E-state index is -0.378. The summed E-state index contributed by atoms with van der Waals surface area (Å²) in [5, 5.41) is 14.0. The Labute approximate surface area is 130 Å². The van der Waals surface area contributed by atoms with E-state index in [0.717, 1.165) is 18.5 Å². The highest BCUT2D eigenvalue weighted by Gasteiger charge is 2.08. The van der Waals surface area contributed by atoms with E-state index in [4.69, 9.17) is 0 Å². The fraction of sp³-hybridized carbons (Fsp3) is 0.250. The van der Waals surface area contributed by atoms with Gasteiger partial charge in [0.25, 0.3) is 5.69 Å². The quantitative estimate of drug-likeness (QED) is 0.650. The highest BCUT2D eigenvalue weighted by molar-refractivity contribution is 5.85. The predicted octanol–water partition coefficient (Wildman–Crippen LogP) is 3.91. The topological polar surface area (TPSA) is 55.2 Å². The Morgan fingerprint density at radius 3 is 2.29 bits per heavy atom. The number of halogens is 1. The van der Waals surface area contributed by atoms with E-state index in [-0.39, 0.29) is 29.1 Å². The van der Waals surface area contributed by atoms with Crippen LogP contribution < -0.4 is 5.32 Å². The van der Waals surface area contributed by atoms with E-state index in [1.165, 1.54) is 5.56 Å². The van der Waals surface area contributed by atoms with Gasteiger partial charge in [-0.1, -0.05) is 42.5 Å². The number of hydrogen-bond acceptors (Lipinski definition) is 3. The third-order valence-corrected chi connectivity index (χ3v) is 3.31. The molecule has 1 unspecified atom stereocenters. The van der Waals surface area contributed by atoms with Crippen molar-refractivity contribution in [2.75, 3.05) is 6.54 Å². The van der Waals surface area contributed by atoms with Crippen molar-refractivity contribution in [1.29, 1.82) is 0 Å². The minimum absolute atomic E-state index is 0. The molecule has 5 heteroatoms.